The number of nitrogens with one attached hydrogen (secondary N) is 1. The van der Waals surface area contributed by atoms with Crippen LogP contribution in [-0.2, 0) is 29.0 Å². The lowest BCUT2D eigenvalue weighted by Gasteiger charge is -2.31. The van der Waals surface area contributed by atoms with Crippen molar-refractivity contribution in [3.8, 4) is 0 Å². The van der Waals surface area contributed by atoms with E-state index in [1.54, 1.807) is 29.2 Å². The first-order valence-electron chi connectivity index (χ1n) is 11.2. The second kappa shape index (κ2) is 13.1. The van der Waals surface area contributed by atoms with Gasteiger partial charge in [0.05, 0.1) is 6.42 Å². The van der Waals surface area contributed by atoms with Crippen LogP contribution in [-0.4, -0.2) is 41.0 Å². The minimum atomic E-state index is -0.725. The van der Waals surface area contributed by atoms with Crippen molar-refractivity contribution in [1.29, 1.82) is 0 Å². The molecule has 3 aromatic carbocycles. The monoisotopic (exact) mass is 498 g/mol. The van der Waals surface area contributed by atoms with Gasteiger partial charge in [0.1, 0.15) is 6.04 Å². The Bertz CT molecular complexity index is 1060. The molecule has 2 amide bonds. The number of hydrogen-bond acceptors (Lipinski definition) is 3. The third-order valence-corrected chi connectivity index (χ3v) is 5.94. The molecule has 0 fully saturated rings. The number of benzene rings is 3. The molecule has 0 radical (unpaired) electrons. The molecule has 0 saturated carbocycles. The van der Waals surface area contributed by atoms with Crippen LogP contribution in [0.5, 0.6) is 0 Å². The Morgan fingerprint density at radius 3 is 2.00 bits per heavy atom. The summed E-state index contributed by atoms with van der Waals surface area (Å²) in [6, 6.07) is 23.3. The van der Waals surface area contributed by atoms with Crippen LogP contribution < -0.4 is 5.32 Å². The molecule has 3 aromatic rings. The summed E-state index contributed by atoms with van der Waals surface area (Å²) in [5.41, 5.74) is 2.63. The zero-order valence-electron chi connectivity index (χ0n) is 18.8. The summed E-state index contributed by atoms with van der Waals surface area (Å²) in [6.45, 7) is 0.572. The van der Waals surface area contributed by atoms with Crippen molar-refractivity contribution >= 4 is 35.0 Å². The number of rotatable bonds is 11. The van der Waals surface area contributed by atoms with Crippen LogP contribution in [0.3, 0.4) is 0 Å². The van der Waals surface area contributed by atoms with Crippen molar-refractivity contribution in [2.75, 3.05) is 13.2 Å². The lowest BCUT2D eigenvalue weighted by atomic mass is 10.0. The lowest BCUT2D eigenvalue weighted by Crippen LogP contribution is -2.51. The number of amides is 2. The van der Waals surface area contributed by atoms with Gasteiger partial charge in [0, 0.05) is 36.2 Å². The van der Waals surface area contributed by atoms with Gasteiger partial charge in [0.2, 0.25) is 11.8 Å². The second-order valence-electron chi connectivity index (χ2n) is 8.03. The first-order chi connectivity index (χ1) is 16.5. The summed E-state index contributed by atoms with van der Waals surface area (Å²) in [4.78, 5) is 28.5. The maximum atomic E-state index is 13.6. The zero-order valence-corrected chi connectivity index (χ0v) is 20.3. The van der Waals surface area contributed by atoms with E-state index in [0.717, 1.165) is 16.7 Å². The van der Waals surface area contributed by atoms with Crippen LogP contribution in [0.4, 0.5) is 0 Å². The van der Waals surface area contributed by atoms with Crippen LogP contribution in [0.2, 0.25) is 10.0 Å². The van der Waals surface area contributed by atoms with Crippen LogP contribution >= 0.6 is 23.2 Å². The maximum Gasteiger partial charge on any atom is 0.243 e. The Hall–Kier alpha value is -2.86. The maximum absolute atomic E-state index is 13.6. The summed E-state index contributed by atoms with van der Waals surface area (Å²) in [5, 5.41) is 13.2. The molecule has 0 saturated heterocycles. The van der Waals surface area contributed by atoms with Gasteiger partial charge in [0.25, 0.3) is 0 Å². The minimum Gasteiger partial charge on any atom is -0.396 e. The number of carbonyl (C=O) groups excluding carboxylic acids is 2. The van der Waals surface area contributed by atoms with E-state index in [-0.39, 0.29) is 31.4 Å². The number of halogens is 2. The number of hydrogen-bond donors (Lipinski definition) is 2. The highest BCUT2D eigenvalue weighted by Crippen LogP contribution is 2.19. The van der Waals surface area contributed by atoms with Crippen molar-refractivity contribution in [3.63, 3.8) is 0 Å². The van der Waals surface area contributed by atoms with E-state index >= 15 is 0 Å². The Kier molecular flexibility index (Phi) is 9.95. The molecule has 1 atom stereocenters. The molecule has 178 valence electrons. The first-order valence-corrected chi connectivity index (χ1v) is 11.9. The highest BCUT2D eigenvalue weighted by molar-refractivity contribution is 6.30. The summed E-state index contributed by atoms with van der Waals surface area (Å²) in [7, 11) is 0. The van der Waals surface area contributed by atoms with Crippen LogP contribution in [0.1, 0.15) is 23.1 Å². The third kappa shape index (κ3) is 7.87. The van der Waals surface area contributed by atoms with Crippen LogP contribution in [0.25, 0.3) is 0 Å². The summed E-state index contributed by atoms with van der Waals surface area (Å²) in [6.07, 6.45) is 0.950. The highest BCUT2D eigenvalue weighted by atomic mass is 35.5. The van der Waals surface area contributed by atoms with Gasteiger partial charge in [-0.15, -0.1) is 0 Å². The smallest absolute Gasteiger partial charge is 0.243 e. The molecule has 0 heterocycles. The molecule has 0 aromatic heterocycles. The Morgan fingerprint density at radius 2 is 1.41 bits per heavy atom. The molecular formula is C27H28Cl2N2O3. The van der Waals surface area contributed by atoms with Gasteiger partial charge >= 0.3 is 0 Å². The Morgan fingerprint density at radius 1 is 0.824 bits per heavy atom. The molecule has 0 spiro atoms. The van der Waals surface area contributed by atoms with Gasteiger partial charge in [0.15, 0.2) is 0 Å². The predicted molar refractivity (Wildman–Crippen MR) is 136 cm³/mol. The van der Waals surface area contributed by atoms with Gasteiger partial charge in [-0.25, -0.2) is 0 Å². The molecule has 34 heavy (non-hydrogen) atoms. The average Bonchev–Trinajstić information content (AvgIpc) is 2.84. The fraction of sp³-hybridized carbons (Fsp3) is 0.259. The largest absolute Gasteiger partial charge is 0.396 e. The normalized spacial score (nSPS) is 11.6. The van der Waals surface area contributed by atoms with Gasteiger partial charge < -0.3 is 15.3 Å². The molecule has 3 rings (SSSR count). The van der Waals surface area contributed by atoms with E-state index in [4.69, 9.17) is 28.3 Å². The molecule has 0 aliphatic rings. The van der Waals surface area contributed by atoms with E-state index in [0.29, 0.717) is 29.4 Å². The quantitative estimate of drug-likeness (QED) is 0.377. The number of aliphatic hydroxyl groups excluding tert-OH is 1. The second-order valence-corrected chi connectivity index (χ2v) is 8.90. The molecule has 5 nitrogen and oxygen atoms in total. The number of carbonyl (C=O) groups is 2. The highest BCUT2D eigenvalue weighted by Gasteiger charge is 2.30. The van der Waals surface area contributed by atoms with Crippen molar-refractivity contribution in [2.24, 2.45) is 0 Å². The Balaban J connectivity index is 1.92. The standard InChI is InChI=1S/C27H28Cl2N2O3/c28-23-11-7-21(8-12-23)18-26(33)31(19-22-9-13-24(29)14-10-22)25(27(34)30-15-4-16-32)17-20-5-2-1-3-6-20/h1-3,5-14,25,32H,4,15-19H2,(H,30,34). The van der Waals surface area contributed by atoms with Crippen molar-refractivity contribution in [3.05, 3.63) is 106 Å². The van der Waals surface area contributed by atoms with Crippen molar-refractivity contribution in [2.45, 2.75) is 31.8 Å². The minimum absolute atomic E-state index is 0.0202. The molecule has 0 aliphatic carbocycles. The molecule has 2 N–H and O–H groups in total. The first kappa shape index (κ1) is 25.8. The van der Waals surface area contributed by atoms with E-state index in [1.165, 1.54) is 0 Å². The summed E-state index contributed by atoms with van der Waals surface area (Å²) >= 11 is 12.0. The fourth-order valence-corrected chi connectivity index (χ4v) is 3.88. The lowest BCUT2D eigenvalue weighted by molar-refractivity contribution is -0.140. The molecule has 1 unspecified atom stereocenters. The number of aliphatic hydroxyl groups is 1. The van der Waals surface area contributed by atoms with Crippen LogP contribution in [0, 0.1) is 0 Å². The average molecular weight is 499 g/mol. The third-order valence-electron chi connectivity index (χ3n) is 5.44. The zero-order chi connectivity index (χ0) is 24.3. The van der Waals surface area contributed by atoms with Crippen molar-refractivity contribution in [1.82, 2.24) is 10.2 Å². The van der Waals surface area contributed by atoms with E-state index in [1.807, 2.05) is 54.6 Å². The molecule has 0 aliphatic heterocycles. The number of nitrogens with zero attached hydrogens (tertiary/aromatic N) is 1. The van der Waals surface area contributed by atoms with Gasteiger partial charge in [-0.2, -0.15) is 0 Å². The predicted octanol–water partition coefficient (Wildman–Crippen LogP) is 4.67. The van der Waals surface area contributed by atoms with E-state index < -0.39 is 6.04 Å². The van der Waals surface area contributed by atoms with Crippen molar-refractivity contribution < 1.29 is 14.7 Å². The van der Waals surface area contributed by atoms with Gasteiger partial charge in [-0.1, -0.05) is 77.8 Å². The van der Waals surface area contributed by atoms with E-state index in [9.17, 15) is 9.59 Å². The molecular weight excluding hydrogens is 471 g/mol. The Labute approximate surface area is 210 Å². The van der Waals surface area contributed by atoms with E-state index in [2.05, 4.69) is 5.32 Å². The summed E-state index contributed by atoms with van der Waals surface area (Å²) in [5.74, 6) is -0.425. The molecule has 7 heteroatoms. The van der Waals surface area contributed by atoms with Gasteiger partial charge in [-0.3, -0.25) is 9.59 Å². The SMILES string of the molecule is O=C(NCCCO)C(Cc1ccccc1)N(Cc1ccc(Cl)cc1)C(=O)Cc1ccc(Cl)cc1. The molecule has 0 bridgehead atoms. The summed E-state index contributed by atoms with van der Waals surface area (Å²) < 4.78 is 0. The fourth-order valence-electron chi connectivity index (χ4n) is 3.63. The van der Waals surface area contributed by atoms with Gasteiger partial charge in [-0.05, 0) is 47.4 Å². The topological polar surface area (TPSA) is 69.6 Å². The van der Waals surface area contributed by atoms with Crippen LogP contribution in [0.15, 0.2) is 78.9 Å².